The third-order valence-electron chi connectivity index (χ3n) is 20.0. The number of rotatable bonds is 12. The van der Waals surface area contributed by atoms with Crippen LogP contribution in [0.25, 0.3) is 0 Å². The van der Waals surface area contributed by atoms with Crippen LogP contribution in [0, 0.1) is 71.0 Å². The van der Waals surface area contributed by atoms with Crippen LogP contribution < -0.4 is 10.6 Å². The van der Waals surface area contributed by atoms with E-state index in [4.69, 9.17) is 9.98 Å². The molecular weight excluding hydrogens is 827 g/mol. The van der Waals surface area contributed by atoms with Crippen molar-refractivity contribution in [2.75, 3.05) is 19.6 Å². The Bertz CT molecular complexity index is 2480. The molecule has 2 saturated carbocycles. The number of nitrogens with one attached hydrogen (secondary N) is 1. The summed E-state index contributed by atoms with van der Waals surface area (Å²) in [5.41, 5.74) is 15.1. The molecule has 0 aromatic heterocycles. The van der Waals surface area contributed by atoms with Gasteiger partial charge in [0, 0.05) is 84.9 Å². The number of nitrogens with two attached hydrogens (primary N) is 1. The highest BCUT2D eigenvalue weighted by atomic mass is 15.0. The second kappa shape index (κ2) is 19.2. The van der Waals surface area contributed by atoms with Gasteiger partial charge in [0.15, 0.2) is 0 Å². The zero-order valence-corrected chi connectivity index (χ0v) is 40.9. The number of allylic oxidation sites excluding steroid dienone is 19. The standard InChI is InChI=1S/C63H77N5/c1-7-40(27-46(13-1)58-19-23-64-58)52-33-53(41-8-2-14-47(28-41)59-20-24-65-59)36-56(35-52)44-11-5-17-50(31-44)62-39-63(68-62)51-18-6-12-45(32-51)57-37-54(42-9-3-15-48(29-42)60-21-25-66-60)34-55(38-57)43-10-4-16-49(30-43)61-22-26-67-61/h1,3,5-7,10-11,13,15,18-19,23,31-33,35,39-42,45,47-50,53-55,57,59,62,65,68H,2,4,8-9,12,14,16-17,20-22,24-30,34,36-38H2/p+1. The van der Waals surface area contributed by atoms with E-state index < -0.39 is 0 Å². The van der Waals surface area contributed by atoms with E-state index in [9.17, 15) is 0 Å². The quantitative estimate of drug-likeness (QED) is 0.188. The summed E-state index contributed by atoms with van der Waals surface area (Å²) >= 11 is 0. The molecule has 1 saturated heterocycles. The first-order valence-electron chi connectivity index (χ1n) is 28.1. The highest BCUT2D eigenvalue weighted by molar-refractivity contribution is 5.92. The lowest BCUT2D eigenvalue weighted by Gasteiger charge is -2.45. The van der Waals surface area contributed by atoms with Gasteiger partial charge in [0.25, 0.3) is 0 Å². The molecule has 5 heterocycles. The average molecular weight is 905 g/mol. The second-order valence-corrected chi connectivity index (χ2v) is 23.9. The molecule has 13 rings (SSSR count). The molecule has 0 amide bonds. The fourth-order valence-electron chi connectivity index (χ4n) is 15.7. The van der Waals surface area contributed by atoms with E-state index in [0.29, 0.717) is 35.6 Å². The lowest BCUT2D eigenvalue weighted by Crippen LogP contribution is -2.95. The van der Waals surface area contributed by atoms with Gasteiger partial charge in [0.1, 0.15) is 11.7 Å². The van der Waals surface area contributed by atoms with Crippen molar-refractivity contribution >= 4 is 17.6 Å². The van der Waals surface area contributed by atoms with E-state index >= 15 is 0 Å². The van der Waals surface area contributed by atoms with Gasteiger partial charge in [-0.1, -0.05) is 97.1 Å². The van der Waals surface area contributed by atoms with Gasteiger partial charge in [-0.15, -0.1) is 0 Å². The first kappa shape index (κ1) is 43.8. The summed E-state index contributed by atoms with van der Waals surface area (Å²) in [6, 6.07) is 1.27. The van der Waals surface area contributed by atoms with Gasteiger partial charge in [-0.05, 0) is 185 Å². The SMILES string of the molecule is C1=CC(C2=CC(C3CCCC(C4CCN4)C3)CC(C3=CC(C4C=C(C5=CC(C6CC(C7=CCCC(C8=NCC8)C7)CC(C7CC=CC(C8=NCC8)C7)C6)CC=C5)[NH2+]4)CC=C3)=C2)CC(C2=CC=N2)=C1. The molecule has 14 atom stereocenters. The van der Waals surface area contributed by atoms with Crippen molar-refractivity contribution in [1.29, 1.82) is 0 Å². The summed E-state index contributed by atoms with van der Waals surface area (Å²) < 4.78 is 0. The summed E-state index contributed by atoms with van der Waals surface area (Å²) in [4.78, 5) is 14.3. The van der Waals surface area contributed by atoms with Crippen molar-refractivity contribution in [1.82, 2.24) is 5.32 Å². The van der Waals surface area contributed by atoms with Crippen molar-refractivity contribution in [2.45, 2.75) is 134 Å². The topological polar surface area (TPSA) is 65.7 Å². The van der Waals surface area contributed by atoms with E-state index in [0.717, 1.165) is 73.4 Å². The average Bonchev–Trinajstić information content (AvgIpc) is 3.29. The molecule has 8 aliphatic carbocycles. The zero-order valence-electron chi connectivity index (χ0n) is 40.9. The number of aliphatic imine (C=N–C) groups is 3. The van der Waals surface area contributed by atoms with Crippen LogP contribution in [0.1, 0.15) is 122 Å². The molecule has 0 bridgehead atoms. The largest absolute Gasteiger partial charge is 0.314 e. The molecule has 0 aromatic rings. The Morgan fingerprint density at radius 1 is 0.618 bits per heavy atom. The lowest BCUT2D eigenvalue weighted by molar-refractivity contribution is -0.661. The number of quaternary nitrogens is 1. The highest BCUT2D eigenvalue weighted by Crippen LogP contribution is 2.51. The van der Waals surface area contributed by atoms with Crippen molar-refractivity contribution in [3.05, 3.63) is 142 Å². The van der Waals surface area contributed by atoms with Crippen LogP contribution >= 0.6 is 0 Å². The van der Waals surface area contributed by atoms with Crippen molar-refractivity contribution < 1.29 is 5.32 Å². The van der Waals surface area contributed by atoms with Crippen LogP contribution in [0.4, 0.5) is 0 Å². The van der Waals surface area contributed by atoms with Gasteiger partial charge in [0.2, 0.25) is 0 Å². The molecule has 5 aliphatic heterocycles. The minimum Gasteiger partial charge on any atom is -0.314 e. The van der Waals surface area contributed by atoms with Crippen molar-refractivity contribution in [3.63, 3.8) is 0 Å². The first-order chi connectivity index (χ1) is 33.6. The molecule has 13 aliphatic rings. The Labute approximate surface area is 408 Å². The van der Waals surface area contributed by atoms with Gasteiger partial charge < -0.3 is 10.6 Å². The van der Waals surface area contributed by atoms with Gasteiger partial charge in [-0.2, -0.15) is 0 Å². The second-order valence-electron chi connectivity index (χ2n) is 23.9. The van der Waals surface area contributed by atoms with E-state index in [1.807, 2.05) is 11.8 Å². The normalized spacial score (nSPS) is 40.7. The minimum atomic E-state index is 0.422. The Balaban J connectivity index is 0.716. The molecule has 3 N–H and O–H groups in total. The van der Waals surface area contributed by atoms with Crippen LogP contribution in [-0.4, -0.2) is 49.4 Å². The predicted molar refractivity (Wildman–Crippen MR) is 281 cm³/mol. The Morgan fingerprint density at radius 2 is 1.41 bits per heavy atom. The summed E-state index contributed by atoms with van der Waals surface area (Å²) in [6.45, 7) is 3.34. The van der Waals surface area contributed by atoms with Crippen LogP contribution in [0.3, 0.4) is 0 Å². The third-order valence-corrected chi connectivity index (χ3v) is 20.0. The maximum Gasteiger partial charge on any atom is 0.138 e. The molecule has 5 nitrogen and oxygen atoms in total. The zero-order chi connectivity index (χ0) is 45.0. The molecular formula is C63H78N5+. The molecule has 0 spiro atoms. The highest BCUT2D eigenvalue weighted by Gasteiger charge is 2.42. The molecule has 14 unspecified atom stereocenters. The maximum atomic E-state index is 4.87. The monoisotopic (exact) mass is 905 g/mol. The van der Waals surface area contributed by atoms with Crippen LogP contribution in [0.5, 0.6) is 0 Å². The molecule has 5 heteroatoms. The minimum absolute atomic E-state index is 0.422. The summed E-state index contributed by atoms with van der Waals surface area (Å²) in [6.07, 6.45) is 67.1. The molecule has 354 valence electrons. The number of hydrogen-bond donors (Lipinski definition) is 2. The lowest BCUT2D eigenvalue weighted by atomic mass is 9.60. The Hall–Kier alpha value is -4.19. The summed E-state index contributed by atoms with van der Waals surface area (Å²) in [5, 5.41) is 6.44. The van der Waals surface area contributed by atoms with E-state index in [-0.39, 0.29) is 0 Å². The van der Waals surface area contributed by atoms with Crippen molar-refractivity contribution in [3.8, 4) is 0 Å². The third kappa shape index (κ3) is 8.95. The summed E-state index contributed by atoms with van der Waals surface area (Å²) in [5.74, 6) is 8.29. The maximum absolute atomic E-state index is 4.87. The van der Waals surface area contributed by atoms with Gasteiger partial charge in [0.05, 0.1) is 5.70 Å². The molecule has 0 aromatic carbocycles. The fraction of sp³-hybridized carbons (Fsp3) is 0.571. The fourth-order valence-corrected chi connectivity index (χ4v) is 15.7. The number of nitrogens with zero attached hydrogens (tertiary/aromatic N) is 3. The van der Waals surface area contributed by atoms with Gasteiger partial charge in [-0.25, -0.2) is 0 Å². The Kier molecular flexibility index (Phi) is 12.4. The van der Waals surface area contributed by atoms with E-state index in [1.54, 1.807) is 16.9 Å². The van der Waals surface area contributed by atoms with Crippen LogP contribution in [-0.2, 0) is 0 Å². The predicted octanol–water partition coefficient (Wildman–Crippen LogP) is 12.4. The Morgan fingerprint density at radius 3 is 2.21 bits per heavy atom. The molecule has 0 radical (unpaired) electrons. The molecule has 3 fully saturated rings. The van der Waals surface area contributed by atoms with E-state index in [2.05, 4.69) is 113 Å². The van der Waals surface area contributed by atoms with Crippen molar-refractivity contribution in [2.24, 2.45) is 86.0 Å². The van der Waals surface area contributed by atoms with E-state index in [1.165, 1.54) is 150 Å². The van der Waals surface area contributed by atoms with Gasteiger partial charge >= 0.3 is 0 Å². The van der Waals surface area contributed by atoms with Crippen LogP contribution in [0.15, 0.2) is 157 Å². The van der Waals surface area contributed by atoms with Crippen LogP contribution in [0.2, 0.25) is 0 Å². The summed E-state index contributed by atoms with van der Waals surface area (Å²) in [7, 11) is 0. The van der Waals surface area contributed by atoms with Gasteiger partial charge in [-0.3, -0.25) is 15.0 Å². The molecule has 68 heavy (non-hydrogen) atoms. The first-order valence-corrected chi connectivity index (χ1v) is 28.1. The number of hydrogen-bond acceptors (Lipinski definition) is 4. The smallest absolute Gasteiger partial charge is 0.138 e.